The number of carboxylic acids is 1. The van der Waals surface area contributed by atoms with Gasteiger partial charge in [0.15, 0.2) is 0 Å². The third-order valence-electron chi connectivity index (χ3n) is 1.94. The Hall–Kier alpha value is -0.620. The van der Waals surface area contributed by atoms with Gasteiger partial charge >= 0.3 is 5.97 Å². The van der Waals surface area contributed by atoms with E-state index in [-0.39, 0.29) is 18.2 Å². The van der Waals surface area contributed by atoms with Crippen molar-refractivity contribution in [1.29, 1.82) is 0 Å². The minimum Gasteiger partial charge on any atom is -0.481 e. The van der Waals surface area contributed by atoms with Crippen molar-refractivity contribution in [2.24, 2.45) is 0 Å². The largest absolute Gasteiger partial charge is 0.481 e. The van der Waals surface area contributed by atoms with Gasteiger partial charge in [-0.15, -0.1) is 0 Å². The molecule has 0 spiro atoms. The Kier molecular flexibility index (Phi) is 6.51. The number of nitrogens with one attached hydrogen (secondary N) is 1. The lowest BCUT2D eigenvalue weighted by Gasteiger charge is -2.12. The van der Waals surface area contributed by atoms with Crippen molar-refractivity contribution >= 4 is 16.0 Å². The smallest absolute Gasteiger partial charge is 0.303 e. The predicted molar refractivity (Wildman–Crippen MR) is 58.2 cm³/mol. The highest BCUT2D eigenvalue weighted by Crippen LogP contribution is 2.00. The number of carbonyl (C=O) groups is 1. The highest BCUT2D eigenvalue weighted by molar-refractivity contribution is 7.89. The zero-order valence-electron chi connectivity index (χ0n) is 9.19. The quantitative estimate of drug-likeness (QED) is 0.658. The molecule has 90 valence electrons. The average molecular weight is 237 g/mol. The molecule has 0 aliphatic heterocycles. The Morgan fingerprint density at radius 1 is 1.47 bits per heavy atom. The van der Waals surface area contributed by atoms with Gasteiger partial charge < -0.3 is 5.11 Å². The van der Waals surface area contributed by atoms with Crippen molar-refractivity contribution in [2.75, 3.05) is 5.75 Å². The van der Waals surface area contributed by atoms with E-state index in [0.717, 1.165) is 6.42 Å². The fourth-order valence-corrected chi connectivity index (χ4v) is 2.62. The summed E-state index contributed by atoms with van der Waals surface area (Å²) < 4.78 is 25.2. The van der Waals surface area contributed by atoms with Crippen LogP contribution in [0.1, 0.15) is 39.5 Å². The molecule has 0 bridgehead atoms. The third-order valence-corrected chi connectivity index (χ3v) is 3.53. The minimum absolute atomic E-state index is 0.0164. The number of unbranched alkanes of at least 4 members (excludes halogenated alkanes) is 1. The van der Waals surface area contributed by atoms with Crippen molar-refractivity contribution in [1.82, 2.24) is 4.72 Å². The Morgan fingerprint density at radius 2 is 2.07 bits per heavy atom. The predicted octanol–water partition coefficient (Wildman–Crippen LogP) is 0.959. The van der Waals surface area contributed by atoms with Crippen LogP contribution < -0.4 is 4.72 Å². The molecule has 0 saturated carbocycles. The summed E-state index contributed by atoms with van der Waals surface area (Å²) in [5.74, 6) is -0.796. The van der Waals surface area contributed by atoms with E-state index in [0.29, 0.717) is 12.8 Å². The number of hydrogen-bond donors (Lipinski definition) is 2. The number of carboxylic acid groups (broad SMARTS) is 1. The van der Waals surface area contributed by atoms with Gasteiger partial charge in [-0.3, -0.25) is 4.79 Å². The van der Waals surface area contributed by atoms with Gasteiger partial charge in [0, 0.05) is 12.5 Å². The van der Waals surface area contributed by atoms with E-state index in [1.165, 1.54) is 0 Å². The van der Waals surface area contributed by atoms with E-state index in [9.17, 15) is 13.2 Å². The molecule has 0 radical (unpaired) electrons. The zero-order valence-corrected chi connectivity index (χ0v) is 10.0. The van der Waals surface area contributed by atoms with E-state index in [4.69, 9.17) is 5.11 Å². The molecule has 1 unspecified atom stereocenters. The molecule has 0 heterocycles. The number of sulfonamides is 1. The maximum atomic E-state index is 11.4. The van der Waals surface area contributed by atoms with Gasteiger partial charge in [-0.25, -0.2) is 13.1 Å². The molecule has 0 fully saturated rings. The molecule has 0 amide bonds. The normalized spacial score (nSPS) is 13.7. The van der Waals surface area contributed by atoms with E-state index >= 15 is 0 Å². The monoisotopic (exact) mass is 237 g/mol. The Morgan fingerprint density at radius 3 is 2.53 bits per heavy atom. The zero-order chi connectivity index (χ0) is 11.9. The van der Waals surface area contributed by atoms with E-state index < -0.39 is 16.0 Å². The first-order chi connectivity index (χ1) is 6.87. The Bertz CT molecular complexity index is 286. The van der Waals surface area contributed by atoms with Crippen molar-refractivity contribution < 1.29 is 18.3 Å². The molecule has 6 heteroatoms. The highest BCUT2D eigenvalue weighted by atomic mass is 32.2. The van der Waals surface area contributed by atoms with Crippen LogP contribution in [0, 0.1) is 0 Å². The van der Waals surface area contributed by atoms with Crippen LogP contribution in [0.5, 0.6) is 0 Å². The number of aliphatic carboxylic acids is 1. The highest BCUT2D eigenvalue weighted by Gasteiger charge is 2.14. The molecule has 0 aromatic rings. The van der Waals surface area contributed by atoms with Crippen LogP contribution in [0.15, 0.2) is 0 Å². The van der Waals surface area contributed by atoms with Crippen LogP contribution in [-0.4, -0.2) is 31.3 Å². The summed E-state index contributed by atoms with van der Waals surface area (Å²) in [5, 5.41) is 8.42. The summed E-state index contributed by atoms with van der Waals surface area (Å²) in [4.78, 5) is 10.3. The topological polar surface area (TPSA) is 83.5 Å². The Labute approximate surface area is 90.9 Å². The summed E-state index contributed by atoms with van der Waals surface area (Å²) in [6, 6.07) is -0.317. The molecular weight excluding hydrogens is 218 g/mol. The third kappa shape index (κ3) is 8.38. The fraction of sp³-hybridized carbons (Fsp3) is 0.889. The molecule has 0 saturated heterocycles. The molecule has 2 N–H and O–H groups in total. The molecule has 0 aliphatic rings. The number of hydrogen-bond acceptors (Lipinski definition) is 3. The summed E-state index contributed by atoms with van der Waals surface area (Å²) in [6.45, 7) is 3.59. The van der Waals surface area contributed by atoms with Crippen LogP contribution in [0.4, 0.5) is 0 Å². The standard InChI is InChI=1S/C9H19NO4S/c1-3-4-7-15(13,14)10-8(2)5-6-9(11)12/h8,10H,3-7H2,1-2H3,(H,11,12). The average Bonchev–Trinajstić information content (AvgIpc) is 2.11. The van der Waals surface area contributed by atoms with E-state index in [2.05, 4.69) is 4.72 Å². The van der Waals surface area contributed by atoms with Crippen LogP contribution in [0.2, 0.25) is 0 Å². The second kappa shape index (κ2) is 6.79. The first-order valence-electron chi connectivity index (χ1n) is 5.09. The van der Waals surface area contributed by atoms with Gasteiger partial charge in [0.25, 0.3) is 0 Å². The molecule has 0 aromatic heterocycles. The SMILES string of the molecule is CCCCS(=O)(=O)NC(C)CCC(=O)O. The van der Waals surface area contributed by atoms with Gasteiger partial charge in [0.1, 0.15) is 0 Å². The van der Waals surface area contributed by atoms with Crippen molar-refractivity contribution in [2.45, 2.75) is 45.6 Å². The van der Waals surface area contributed by atoms with Gasteiger partial charge in [0.2, 0.25) is 10.0 Å². The van der Waals surface area contributed by atoms with Gasteiger partial charge in [-0.1, -0.05) is 13.3 Å². The van der Waals surface area contributed by atoms with Crippen molar-refractivity contribution in [3.63, 3.8) is 0 Å². The molecule has 0 rings (SSSR count). The maximum Gasteiger partial charge on any atom is 0.303 e. The summed E-state index contributed by atoms with van der Waals surface area (Å²) in [6.07, 6.45) is 1.75. The lowest BCUT2D eigenvalue weighted by atomic mass is 10.2. The van der Waals surface area contributed by atoms with Gasteiger partial charge in [-0.2, -0.15) is 0 Å². The molecule has 0 aromatic carbocycles. The van der Waals surface area contributed by atoms with Crippen LogP contribution in [0.3, 0.4) is 0 Å². The van der Waals surface area contributed by atoms with Crippen LogP contribution >= 0.6 is 0 Å². The lowest BCUT2D eigenvalue weighted by molar-refractivity contribution is -0.137. The first kappa shape index (κ1) is 14.4. The van der Waals surface area contributed by atoms with Gasteiger partial charge in [0.05, 0.1) is 5.75 Å². The molecule has 5 nitrogen and oxygen atoms in total. The van der Waals surface area contributed by atoms with Crippen molar-refractivity contribution in [3.8, 4) is 0 Å². The summed E-state index contributed by atoms with van der Waals surface area (Å²) >= 11 is 0. The fourth-order valence-electron chi connectivity index (χ4n) is 1.10. The van der Waals surface area contributed by atoms with Crippen LogP contribution in [0.25, 0.3) is 0 Å². The second-order valence-electron chi connectivity index (χ2n) is 3.62. The molecule has 1 atom stereocenters. The summed E-state index contributed by atoms with van der Waals surface area (Å²) in [7, 11) is -3.23. The maximum absolute atomic E-state index is 11.4. The first-order valence-corrected chi connectivity index (χ1v) is 6.74. The van der Waals surface area contributed by atoms with E-state index in [1.807, 2.05) is 6.92 Å². The second-order valence-corrected chi connectivity index (χ2v) is 5.50. The summed E-state index contributed by atoms with van der Waals surface area (Å²) in [5.41, 5.74) is 0. The van der Waals surface area contributed by atoms with Crippen LogP contribution in [-0.2, 0) is 14.8 Å². The van der Waals surface area contributed by atoms with Gasteiger partial charge in [-0.05, 0) is 19.8 Å². The van der Waals surface area contributed by atoms with E-state index in [1.54, 1.807) is 6.92 Å². The number of rotatable bonds is 8. The van der Waals surface area contributed by atoms with Crippen molar-refractivity contribution in [3.05, 3.63) is 0 Å². The molecule has 15 heavy (non-hydrogen) atoms. The minimum atomic E-state index is -3.23. The Balaban J connectivity index is 3.93. The lowest BCUT2D eigenvalue weighted by Crippen LogP contribution is -2.34. The molecule has 0 aliphatic carbocycles. The molecular formula is C9H19NO4S.